The van der Waals surface area contributed by atoms with Gasteiger partial charge in [0.1, 0.15) is 17.3 Å². The number of nitrogens with zero attached hydrogens (tertiary/aromatic N) is 1. The van der Waals surface area contributed by atoms with Crippen molar-refractivity contribution in [1.82, 2.24) is 0 Å². The van der Waals surface area contributed by atoms with Crippen LogP contribution in [0.15, 0.2) is 78.4 Å². The highest BCUT2D eigenvalue weighted by Gasteiger charge is 2.47. The van der Waals surface area contributed by atoms with Crippen molar-refractivity contribution < 1.29 is 23.8 Å². The topological polar surface area (TPSA) is 66.8 Å². The minimum Gasteiger partial charge on any atom is -0.507 e. The summed E-state index contributed by atoms with van der Waals surface area (Å²) in [4.78, 5) is 27.4. The van der Waals surface area contributed by atoms with Crippen molar-refractivity contribution in [2.24, 2.45) is 0 Å². The van der Waals surface area contributed by atoms with Gasteiger partial charge in [0, 0.05) is 21.8 Å². The Morgan fingerprint density at radius 3 is 2.48 bits per heavy atom. The van der Waals surface area contributed by atoms with E-state index in [9.17, 15) is 19.1 Å². The number of Topliss-reactive ketones (excluding diaryl/α,β-unsaturated/α-hetero) is 1. The van der Waals surface area contributed by atoms with E-state index < -0.39 is 29.3 Å². The van der Waals surface area contributed by atoms with Crippen LogP contribution in [0.2, 0.25) is 5.02 Å². The van der Waals surface area contributed by atoms with E-state index in [0.29, 0.717) is 28.6 Å². The number of ether oxygens (including phenoxy) is 1. The van der Waals surface area contributed by atoms with E-state index in [-0.39, 0.29) is 11.1 Å². The summed E-state index contributed by atoms with van der Waals surface area (Å²) in [6.45, 7) is 2.46. The molecule has 0 saturated carbocycles. The van der Waals surface area contributed by atoms with Gasteiger partial charge in [-0.25, -0.2) is 4.39 Å². The standard InChI is InChI=1S/C26H21ClFNO4/c1-2-14-33-19-7-5-6-16(15-19)24(30)22-23(20-8-3-4-9-21(20)28)29(26(32)25(22)31)18-12-10-17(27)11-13-18/h3-13,15,23,30H,2,14H2,1H3/b24-22-. The number of hydrogen-bond acceptors (Lipinski definition) is 4. The van der Waals surface area contributed by atoms with Crippen LogP contribution in [0, 0.1) is 5.82 Å². The van der Waals surface area contributed by atoms with E-state index in [4.69, 9.17) is 16.3 Å². The normalized spacial score (nSPS) is 17.4. The molecule has 0 aromatic heterocycles. The lowest BCUT2D eigenvalue weighted by atomic mass is 9.94. The molecule has 0 spiro atoms. The van der Waals surface area contributed by atoms with Gasteiger partial charge in [-0.05, 0) is 48.9 Å². The number of aliphatic hydroxyl groups excluding tert-OH is 1. The molecule has 0 bridgehead atoms. The number of hydrogen-bond donors (Lipinski definition) is 1. The highest BCUT2D eigenvalue weighted by Crippen LogP contribution is 2.43. The second-order valence-electron chi connectivity index (χ2n) is 7.54. The first-order valence-electron chi connectivity index (χ1n) is 10.5. The number of aliphatic hydroxyl groups is 1. The third kappa shape index (κ3) is 4.34. The molecule has 3 aromatic rings. The molecule has 1 aliphatic rings. The lowest BCUT2D eigenvalue weighted by molar-refractivity contribution is -0.132. The van der Waals surface area contributed by atoms with E-state index in [1.54, 1.807) is 54.6 Å². The zero-order valence-electron chi connectivity index (χ0n) is 17.8. The summed E-state index contributed by atoms with van der Waals surface area (Å²) < 4.78 is 20.5. The molecule has 3 aromatic carbocycles. The van der Waals surface area contributed by atoms with Gasteiger partial charge in [0.05, 0.1) is 18.2 Å². The van der Waals surface area contributed by atoms with Gasteiger partial charge in [-0.3, -0.25) is 14.5 Å². The molecule has 1 heterocycles. The van der Waals surface area contributed by atoms with Gasteiger partial charge in [0.25, 0.3) is 11.7 Å². The van der Waals surface area contributed by atoms with Crippen LogP contribution in [0.25, 0.3) is 5.76 Å². The van der Waals surface area contributed by atoms with E-state index in [1.165, 1.54) is 23.1 Å². The van der Waals surface area contributed by atoms with Gasteiger partial charge >= 0.3 is 0 Å². The lowest BCUT2D eigenvalue weighted by Crippen LogP contribution is -2.29. The van der Waals surface area contributed by atoms with E-state index in [0.717, 1.165) is 6.42 Å². The Balaban J connectivity index is 1.90. The number of ketones is 1. The zero-order valence-corrected chi connectivity index (χ0v) is 18.6. The van der Waals surface area contributed by atoms with Crippen LogP contribution >= 0.6 is 11.6 Å². The first kappa shape index (κ1) is 22.6. The van der Waals surface area contributed by atoms with Crippen LogP contribution in [0.4, 0.5) is 10.1 Å². The van der Waals surface area contributed by atoms with Gasteiger partial charge in [-0.15, -0.1) is 0 Å². The minimum atomic E-state index is -1.16. The Kier molecular flexibility index (Phi) is 6.47. The summed E-state index contributed by atoms with van der Waals surface area (Å²) in [5.41, 5.74) is 0.534. The molecule has 0 aliphatic carbocycles. The highest BCUT2D eigenvalue weighted by atomic mass is 35.5. The summed E-state index contributed by atoms with van der Waals surface area (Å²) in [6.07, 6.45) is 0.801. The maximum atomic E-state index is 14.9. The van der Waals surface area contributed by atoms with Crippen LogP contribution in [0.1, 0.15) is 30.5 Å². The van der Waals surface area contributed by atoms with E-state index in [1.807, 2.05) is 6.92 Å². The van der Waals surface area contributed by atoms with Crippen LogP contribution in [-0.2, 0) is 9.59 Å². The lowest BCUT2D eigenvalue weighted by Gasteiger charge is -2.25. The maximum absolute atomic E-state index is 14.9. The smallest absolute Gasteiger partial charge is 0.300 e. The predicted molar refractivity (Wildman–Crippen MR) is 125 cm³/mol. The molecule has 168 valence electrons. The fraction of sp³-hybridized carbons (Fsp3) is 0.154. The third-order valence-corrected chi connectivity index (χ3v) is 5.58. The number of benzene rings is 3. The molecular formula is C26H21ClFNO4. The number of rotatable bonds is 6. The Bertz CT molecular complexity index is 1240. The Morgan fingerprint density at radius 1 is 1.06 bits per heavy atom. The molecule has 33 heavy (non-hydrogen) atoms. The van der Waals surface area contributed by atoms with Gasteiger partial charge < -0.3 is 9.84 Å². The molecule has 1 atom stereocenters. The van der Waals surface area contributed by atoms with Crippen LogP contribution in [0.5, 0.6) is 5.75 Å². The number of amides is 1. The molecule has 1 unspecified atom stereocenters. The summed E-state index contributed by atoms with van der Waals surface area (Å²) >= 11 is 5.98. The van der Waals surface area contributed by atoms with E-state index >= 15 is 0 Å². The molecule has 7 heteroatoms. The Labute approximate surface area is 195 Å². The monoisotopic (exact) mass is 465 g/mol. The van der Waals surface area contributed by atoms with Crippen LogP contribution in [-0.4, -0.2) is 23.4 Å². The van der Waals surface area contributed by atoms with Crippen molar-refractivity contribution in [3.63, 3.8) is 0 Å². The first-order chi connectivity index (χ1) is 15.9. The summed E-state index contributed by atoms with van der Waals surface area (Å²) in [6, 6.07) is 17.6. The van der Waals surface area contributed by atoms with Crippen molar-refractivity contribution in [3.05, 3.63) is 100 Å². The number of carbonyl (C=O) groups is 2. The summed E-state index contributed by atoms with van der Waals surface area (Å²) in [7, 11) is 0. The average Bonchev–Trinajstić information content (AvgIpc) is 3.08. The molecule has 0 radical (unpaired) electrons. The third-order valence-electron chi connectivity index (χ3n) is 5.33. The van der Waals surface area contributed by atoms with Crippen LogP contribution in [0.3, 0.4) is 0 Å². The average molecular weight is 466 g/mol. The number of anilines is 1. The molecule has 1 fully saturated rings. The van der Waals surface area contributed by atoms with E-state index in [2.05, 4.69) is 0 Å². The highest BCUT2D eigenvalue weighted by molar-refractivity contribution is 6.51. The molecule has 1 saturated heterocycles. The summed E-state index contributed by atoms with van der Waals surface area (Å²) in [5, 5.41) is 11.6. The SMILES string of the molecule is CCCOc1cccc(/C(O)=C2/C(=O)C(=O)N(c3ccc(Cl)cc3)C2c2ccccc2F)c1. The van der Waals surface area contributed by atoms with Gasteiger partial charge in [0.2, 0.25) is 0 Å². The van der Waals surface area contributed by atoms with Gasteiger partial charge in [-0.2, -0.15) is 0 Å². The van der Waals surface area contributed by atoms with Crippen molar-refractivity contribution in [3.8, 4) is 5.75 Å². The van der Waals surface area contributed by atoms with Crippen molar-refractivity contribution in [1.29, 1.82) is 0 Å². The summed E-state index contributed by atoms with van der Waals surface area (Å²) in [5.74, 6) is -2.27. The van der Waals surface area contributed by atoms with Crippen molar-refractivity contribution >= 4 is 34.7 Å². The van der Waals surface area contributed by atoms with Gasteiger partial charge in [0.15, 0.2) is 0 Å². The quantitative estimate of drug-likeness (QED) is 0.280. The minimum absolute atomic E-state index is 0.0894. The number of carbonyl (C=O) groups excluding carboxylic acids is 2. The van der Waals surface area contributed by atoms with Crippen molar-refractivity contribution in [2.75, 3.05) is 11.5 Å². The largest absolute Gasteiger partial charge is 0.507 e. The predicted octanol–water partition coefficient (Wildman–Crippen LogP) is 5.89. The molecule has 1 amide bonds. The Hall–Kier alpha value is -3.64. The second kappa shape index (κ2) is 9.46. The fourth-order valence-corrected chi connectivity index (χ4v) is 3.93. The molecule has 1 N–H and O–H groups in total. The van der Waals surface area contributed by atoms with Crippen LogP contribution < -0.4 is 9.64 Å². The zero-order chi connectivity index (χ0) is 23.5. The molecular weight excluding hydrogens is 445 g/mol. The van der Waals surface area contributed by atoms with Crippen molar-refractivity contribution in [2.45, 2.75) is 19.4 Å². The number of halogens is 2. The maximum Gasteiger partial charge on any atom is 0.300 e. The molecule has 4 rings (SSSR count). The van der Waals surface area contributed by atoms with Gasteiger partial charge in [-0.1, -0.05) is 48.9 Å². The molecule has 1 aliphatic heterocycles. The Morgan fingerprint density at radius 2 is 1.79 bits per heavy atom. The fourth-order valence-electron chi connectivity index (χ4n) is 3.80. The first-order valence-corrected chi connectivity index (χ1v) is 10.8. The molecule has 5 nitrogen and oxygen atoms in total. The second-order valence-corrected chi connectivity index (χ2v) is 7.98.